The van der Waals surface area contributed by atoms with Crippen LogP contribution in [0.25, 0.3) is 6.08 Å². The van der Waals surface area contributed by atoms with Gasteiger partial charge in [0.15, 0.2) is 10.9 Å². The number of hydrogen-bond acceptors (Lipinski definition) is 6. The second-order valence-electron chi connectivity index (χ2n) is 5.62. The van der Waals surface area contributed by atoms with E-state index in [1.54, 1.807) is 60.7 Å². The second-order valence-corrected chi connectivity index (χ2v) is 7.29. The Bertz CT molecular complexity index is 976. The fourth-order valence-corrected chi connectivity index (χ4v) is 3.51. The first-order chi connectivity index (χ1) is 13.5. The summed E-state index contributed by atoms with van der Waals surface area (Å²) in [5.41, 5.74) is 8.61. The Kier molecular flexibility index (Phi) is 6.07. The van der Waals surface area contributed by atoms with E-state index >= 15 is 0 Å². The number of nitrogens with two attached hydrogens (primary N) is 1. The van der Waals surface area contributed by atoms with Crippen LogP contribution in [-0.4, -0.2) is 33.7 Å². The first-order valence-corrected chi connectivity index (χ1v) is 9.32. The molecule has 1 aliphatic rings. The van der Waals surface area contributed by atoms with E-state index in [0.717, 1.165) is 16.8 Å². The smallest absolute Gasteiger partial charge is 0.285 e. The van der Waals surface area contributed by atoms with Crippen molar-refractivity contribution in [1.29, 1.82) is 0 Å². The lowest BCUT2D eigenvalue weighted by atomic mass is 10.2. The maximum Gasteiger partial charge on any atom is 0.285 e. The number of hydrogen-bond donors (Lipinski definition) is 2. The number of thioether (sulfide) groups is 1. The minimum atomic E-state index is -0.607. The highest BCUT2D eigenvalue weighted by molar-refractivity contribution is 8.26. The molecule has 0 atom stereocenters. The Balaban J connectivity index is 1.78. The van der Waals surface area contributed by atoms with Gasteiger partial charge in [-0.2, -0.15) is 5.01 Å². The van der Waals surface area contributed by atoms with Gasteiger partial charge in [-0.1, -0.05) is 48.2 Å². The number of thiocarbonyl (C=S) groups is 1. The summed E-state index contributed by atoms with van der Waals surface area (Å²) in [7, 11) is 0. The lowest BCUT2D eigenvalue weighted by Gasteiger charge is -2.15. The summed E-state index contributed by atoms with van der Waals surface area (Å²) in [5.74, 6) is -1.10. The molecule has 2 aromatic carbocycles. The highest BCUT2D eigenvalue weighted by Gasteiger charge is 2.34. The molecule has 1 fully saturated rings. The molecule has 7 nitrogen and oxygen atoms in total. The van der Waals surface area contributed by atoms with Crippen molar-refractivity contribution in [2.45, 2.75) is 0 Å². The van der Waals surface area contributed by atoms with Crippen LogP contribution in [0.1, 0.15) is 15.9 Å². The number of para-hydroxylation sites is 1. The molecule has 0 aliphatic carbocycles. The van der Waals surface area contributed by atoms with Gasteiger partial charge in [0.25, 0.3) is 17.7 Å². The van der Waals surface area contributed by atoms with Crippen molar-refractivity contribution in [3.63, 3.8) is 0 Å². The zero-order valence-electron chi connectivity index (χ0n) is 14.5. The predicted molar refractivity (Wildman–Crippen MR) is 110 cm³/mol. The third-order valence-electron chi connectivity index (χ3n) is 3.62. The van der Waals surface area contributed by atoms with Crippen LogP contribution in [0.15, 0.2) is 59.5 Å². The van der Waals surface area contributed by atoms with E-state index in [9.17, 15) is 14.4 Å². The standard InChI is InChI=1S/C19H15N3O4S2/c20-16(23)11-26-14-9-5-4-8-13(14)10-15-18(25)22(19(27)28-15)21-17(24)12-6-2-1-3-7-12/h1-10H,11H2,(H2,20,23)(H,21,24)/b15-10+. The van der Waals surface area contributed by atoms with Gasteiger partial charge in [-0.15, -0.1) is 0 Å². The molecule has 3 N–H and O–H groups in total. The topological polar surface area (TPSA) is 102 Å². The number of hydrazine groups is 1. The summed E-state index contributed by atoms with van der Waals surface area (Å²) < 4.78 is 5.57. The molecule has 9 heteroatoms. The average molecular weight is 413 g/mol. The fraction of sp³-hybridized carbons (Fsp3) is 0.0526. The van der Waals surface area contributed by atoms with E-state index in [0.29, 0.717) is 21.8 Å². The molecule has 0 aromatic heterocycles. The zero-order valence-corrected chi connectivity index (χ0v) is 16.1. The molecule has 0 spiro atoms. The van der Waals surface area contributed by atoms with Gasteiger partial charge in [0.05, 0.1) is 4.91 Å². The third kappa shape index (κ3) is 4.56. The molecule has 142 valence electrons. The maximum absolute atomic E-state index is 12.7. The summed E-state index contributed by atoms with van der Waals surface area (Å²) in [6.45, 7) is -0.279. The van der Waals surface area contributed by atoms with Crippen LogP contribution in [0.2, 0.25) is 0 Å². The molecule has 0 saturated carbocycles. The van der Waals surface area contributed by atoms with Crippen molar-refractivity contribution < 1.29 is 19.1 Å². The number of ether oxygens (including phenoxy) is 1. The van der Waals surface area contributed by atoms with Gasteiger partial charge in [-0.05, 0) is 36.5 Å². The van der Waals surface area contributed by atoms with Crippen LogP contribution in [0.5, 0.6) is 5.75 Å². The van der Waals surface area contributed by atoms with E-state index in [-0.39, 0.29) is 10.9 Å². The summed E-state index contributed by atoms with van der Waals surface area (Å²) in [4.78, 5) is 36.2. The van der Waals surface area contributed by atoms with Gasteiger partial charge in [0.1, 0.15) is 5.75 Å². The third-order valence-corrected chi connectivity index (χ3v) is 4.92. The van der Waals surface area contributed by atoms with E-state index < -0.39 is 17.7 Å². The summed E-state index contributed by atoms with van der Waals surface area (Å²) >= 11 is 6.27. The van der Waals surface area contributed by atoms with Crippen LogP contribution in [0, 0.1) is 0 Å². The lowest BCUT2D eigenvalue weighted by molar-refractivity contribution is -0.123. The Morgan fingerprint density at radius 3 is 2.54 bits per heavy atom. The van der Waals surface area contributed by atoms with Crippen LogP contribution < -0.4 is 15.9 Å². The fourth-order valence-electron chi connectivity index (χ4n) is 2.34. The number of rotatable bonds is 6. The monoisotopic (exact) mass is 413 g/mol. The van der Waals surface area contributed by atoms with Crippen LogP contribution >= 0.6 is 24.0 Å². The van der Waals surface area contributed by atoms with Gasteiger partial charge in [-0.25, -0.2) is 0 Å². The van der Waals surface area contributed by atoms with Gasteiger partial charge in [0, 0.05) is 11.1 Å². The molecule has 3 rings (SSSR count). The average Bonchev–Trinajstić information content (AvgIpc) is 2.95. The molecule has 1 aliphatic heterocycles. The molecule has 1 heterocycles. The minimum absolute atomic E-state index is 0.205. The van der Waals surface area contributed by atoms with E-state index in [2.05, 4.69) is 5.43 Å². The summed E-state index contributed by atoms with van der Waals surface area (Å²) in [6.07, 6.45) is 1.59. The lowest BCUT2D eigenvalue weighted by Crippen LogP contribution is -2.44. The van der Waals surface area contributed by atoms with Crippen molar-refractivity contribution in [1.82, 2.24) is 10.4 Å². The molecule has 3 amide bonds. The SMILES string of the molecule is NC(=O)COc1ccccc1/C=C1/SC(=S)N(NC(=O)c2ccccc2)C1=O. The van der Waals surface area contributed by atoms with Crippen LogP contribution in [-0.2, 0) is 9.59 Å². The largest absolute Gasteiger partial charge is 0.483 e. The molecule has 0 bridgehead atoms. The minimum Gasteiger partial charge on any atom is -0.483 e. The van der Waals surface area contributed by atoms with Crippen LogP contribution in [0.4, 0.5) is 0 Å². The molecular formula is C19H15N3O4S2. The van der Waals surface area contributed by atoms with Crippen molar-refractivity contribution in [3.8, 4) is 5.75 Å². The second kappa shape index (κ2) is 8.68. The summed E-state index contributed by atoms with van der Waals surface area (Å²) in [6, 6.07) is 15.4. The van der Waals surface area contributed by atoms with Crippen molar-refractivity contribution >= 4 is 52.1 Å². The van der Waals surface area contributed by atoms with Gasteiger partial charge >= 0.3 is 0 Å². The summed E-state index contributed by atoms with van der Waals surface area (Å²) in [5, 5.41) is 1.04. The van der Waals surface area contributed by atoms with Crippen molar-refractivity contribution in [2.75, 3.05) is 6.61 Å². The van der Waals surface area contributed by atoms with E-state index in [4.69, 9.17) is 22.7 Å². The molecular weight excluding hydrogens is 398 g/mol. The van der Waals surface area contributed by atoms with Gasteiger partial charge < -0.3 is 10.5 Å². The quantitative estimate of drug-likeness (QED) is 0.556. The van der Waals surface area contributed by atoms with E-state index in [1.807, 2.05) is 0 Å². The van der Waals surface area contributed by atoms with Gasteiger partial charge in [-0.3, -0.25) is 19.8 Å². The highest BCUT2D eigenvalue weighted by Crippen LogP contribution is 2.33. The van der Waals surface area contributed by atoms with E-state index in [1.165, 1.54) is 0 Å². The zero-order chi connectivity index (χ0) is 20.1. The van der Waals surface area contributed by atoms with Gasteiger partial charge in [0.2, 0.25) is 0 Å². The Hall–Kier alpha value is -3.17. The number of amides is 3. The normalized spacial score (nSPS) is 15.0. The Morgan fingerprint density at radius 2 is 1.82 bits per heavy atom. The highest BCUT2D eigenvalue weighted by atomic mass is 32.2. The first kappa shape index (κ1) is 19.6. The van der Waals surface area contributed by atoms with Crippen LogP contribution in [0.3, 0.4) is 0 Å². The number of primary amides is 1. The maximum atomic E-state index is 12.7. The molecule has 0 radical (unpaired) electrons. The van der Waals surface area contributed by atoms with Crippen molar-refractivity contribution in [2.24, 2.45) is 5.73 Å². The molecule has 2 aromatic rings. The predicted octanol–water partition coefficient (Wildman–Crippen LogP) is 2.10. The first-order valence-electron chi connectivity index (χ1n) is 8.10. The number of nitrogens with zero attached hydrogens (tertiary/aromatic N) is 1. The number of carbonyl (C=O) groups excluding carboxylic acids is 3. The number of nitrogens with one attached hydrogen (secondary N) is 1. The molecule has 1 saturated heterocycles. The number of carbonyl (C=O) groups is 3. The Labute approximate surface area is 170 Å². The number of benzene rings is 2. The molecule has 28 heavy (non-hydrogen) atoms. The molecule has 0 unspecified atom stereocenters. The Morgan fingerprint density at radius 1 is 1.14 bits per heavy atom. The van der Waals surface area contributed by atoms with Crippen molar-refractivity contribution in [3.05, 3.63) is 70.6 Å².